The van der Waals surface area contributed by atoms with Gasteiger partial charge in [0.15, 0.2) is 6.61 Å². The van der Waals surface area contributed by atoms with Crippen molar-refractivity contribution in [2.45, 2.75) is 37.3 Å². The number of nitrogens with one attached hydrogen (secondary N) is 1. The fourth-order valence-electron chi connectivity index (χ4n) is 3.84. The van der Waals surface area contributed by atoms with E-state index in [0.29, 0.717) is 18.0 Å². The summed E-state index contributed by atoms with van der Waals surface area (Å²) in [6.45, 7) is 3.20. The summed E-state index contributed by atoms with van der Waals surface area (Å²) in [6, 6.07) is 23.0. The number of rotatable bonds is 10. The van der Waals surface area contributed by atoms with Crippen LogP contribution in [0.15, 0.2) is 83.8 Å². The standard InChI is InChI=1S/C27H30N2O5S/c1-21-9-15-26(16-10-21)35(31,32)29(19-22-6-3-2-4-7-22)23-11-13-24(14-12-23)34-20-27(30)28-18-25-8-5-17-33-25/h2-4,6-7,9-16,25H,5,8,17-20H2,1H3,(H,28,30)/t25-/m1/s1. The van der Waals surface area contributed by atoms with Crippen molar-refractivity contribution in [3.8, 4) is 5.75 Å². The molecule has 3 aromatic rings. The van der Waals surface area contributed by atoms with Crippen molar-refractivity contribution in [1.82, 2.24) is 5.32 Å². The van der Waals surface area contributed by atoms with Gasteiger partial charge in [-0.2, -0.15) is 0 Å². The number of ether oxygens (including phenoxy) is 2. The normalized spacial score (nSPS) is 15.5. The van der Waals surface area contributed by atoms with Gasteiger partial charge in [0, 0.05) is 13.2 Å². The van der Waals surface area contributed by atoms with Gasteiger partial charge >= 0.3 is 0 Å². The zero-order chi connectivity index (χ0) is 24.7. The molecule has 0 saturated carbocycles. The van der Waals surface area contributed by atoms with Crippen molar-refractivity contribution in [1.29, 1.82) is 0 Å². The molecular weight excluding hydrogens is 464 g/mol. The number of hydrogen-bond donors (Lipinski definition) is 1. The van der Waals surface area contributed by atoms with E-state index >= 15 is 0 Å². The van der Waals surface area contributed by atoms with Gasteiger partial charge in [0.2, 0.25) is 0 Å². The molecule has 0 unspecified atom stereocenters. The van der Waals surface area contributed by atoms with Gasteiger partial charge in [-0.1, -0.05) is 48.0 Å². The van der Waals surface area contributed by atoms with E-state index in [2.05, 4.69) is 5.32 Å². The summed E-state index contributed by atoms with van der Waals surface area (Å²) in [4.78, 5) is 12.3. The van der Waals surface area contributed by atoms with Gasteiger partial charge in [0.25, 0.3) is 15.9 Å². The summed E-state index contributed by atoms with van der Waals surface area (Å²) in [7, 11) is -3.81. The van der Waals surface area contributed by atoms with E-state index in [1.165, 1.54) is 4.31 Å². The minimum Gasteiger partial charge on any atom is -0.484 e. The first kappa shape index (κ1) is 24.8. The molecule has 1 atom stereocenters. The Balaban J connectivity index is 1.47. The van der Waals surface area contributed by atoms with Crippen molar-refractivity contribution in [3.05, 3.63) is 90.0 Å². The molecule has 1 fully saturated rings. The Morgan fingerprint density at radius 1 is 1.03 bits per heavy atom. The Bertz CT molecular complexity index is 1210. The van der Waals surface area contributed by atoms with Crippen molar-refractivity contribution in [3.63, 3.8) is 0 Å². The average molecular weight is 495 g/mol. The second kappa shape index (κ2) is 11.4. The average Bonchev–Trinajstić information content (AvgIpc) is 3.40. The molecule has 4 rings (SSSR count). The number of benzene rings is 3. The number of sulfonamides is 1. The van der Waals surface area contributed by atoms with Gasteiger partial charge in [-0.05, 0) is 61.7 Å². The summed E-state index contributed by atoms with van der Waals surface area (Å²) in [5.41, 5.74) is 2.36. The highest BCUT2D eigenvalue weighted by Crippen LogP contribution is 2.28. The molecule has 35 heavy (non-hydrogen) atoms. The minimum atomic E-state index is -3.81. The van der Waals surface area contributed by atoms with E-state index in [1.54, 1.807) is 48.5 Å². The molecule has 0 bridgehead atoms. The van der Waals surface area contributed by atoms with Crippen LogP contribution in [0.1, 0.15) is 24.0 Å². The molecule has 0 aliphatic carbocycles. The van der Waals surface area contributed by atoms with E-state index in [-0.39, 0.29) is 30.1 Å². The van der Waals surface area contributed by atoms with Gasteiger partial charge in [-0.3, -0.25) is 9.10 Å². The summed E-state index contributed by atoms with van der Waals surface area (Å²) in [5.74, 6) is 0.255. The van der Waals surface area contributed by atoms with Crippen LogP contribution in [-0.4, -0.2) is 40.2 Å². The van der Waals surface area contributed by atoms with E-state index in [1.807, 2.05) is 37.3 Å². The third-order valence-electron chi connectivity index (χ3n) is 5.82. The van der Waals surface area contributed by atoms with Crippen molar-refractivity contribution < 1.29 is 22.7 Å². The molecule has 3 aromatic carbocycles. The van der Waals surface area contributed by atoms with Crippen LogP contribution in [0, 0.1) is 6.92 Å². The first-order valence-electron chi connectivity index (χ1n) is 11.7. The maximum absolute atomic E-state index is 13.6. The van der Waals surface area contributed by atoms with Crippen LogP contribution in [0.2, 0.25) is 0 Å². The van der Waals surface area contributed by atoms with E-state index in [9.17, 15) is 13.2 Å². The van der Waals surface area contributed by atoms with Crippen LogP contribution in [0.3, 0.4) is 0 Å². The monoisotopic (exact) mass is 494 g/mol. The maximum Gasteiger partial charge on any atom is 0.264 e. The zero-order valence-electron chi connectivity index (χ0n) is 19.7. The lowest BCUT2D eigenvalue weighted by atomic mass is 10.2. The summed E-state index contributed by atoms with van der Waals surface area (Å²) in [5, 5.41) is 2.82. The number of amides is 1. The SMILES string of the molecule is Cc1ccc(S(=O)(=O)N(Cc2ccccc2)c2ccc(OCC(=O)NC[C@H]3CCCO3)cc2)cc1. The number of hydrogen-bond acceptors (Lipinski definition) is 5. The molecule has 1 saturated heterocycles. The fraction of sp³-hybridized carbons (Fsp3) is 0.296. The highest BCUT2D eigenvalue weighted by atomic mass is 32.2. The fourth-order valence-corrected chi connectivity index (χ4v) is 5.30. The van der Waals surface area contributed by atoms with Crippen LogP contribution in [-0.2, 0) is 26.1 Å². The Kier molecular flexibility index (Phi) is 8.05. The maximum atomic E-state index is 13.6. The summed E-state index contributed by atoms with van der Waals surface area (Å²) < 4.78 is 39.6. The molecule has 0 radical (unpaired) electrons. The van der Waals surface area contributed by atoms with Crippen LogP contribution in [0.5, 0.6) is 5.75 Å². The smallest absolute Gasteiger partial charge is 0.264 e. The first-order chi connectivity index (χ1) is 16.9. The van der Waals surface area contributed by atoms with Gasteiger partial charge in [-0.25, -0.2) is 8.42 Å². The largest absolute Gasteiger partial charge is 0.484 e. The van der Waals surface area contributed by atoms with Crippen LogP contribution in [0.25, 0.3) is 0 Å². The molecule has 1 heterocycles. The predicted octanol–water partition coefficient (Wildman–Crippen LogP) is 4.06. The molecule has 1 aliphatic heterocycles. The number of carbonyl (C=O) groups excluding carboxylic acids is 1. The first-order valence-corrected chi connectivity index (χ1v) is 13.1. The molecule has 184 valence electrons. The molecule has 7 nitrogen and oxygen atoms in total. The second-order valence-electron chi connectivity index (χ2n) is 8.53. The van der Waals surface area contributed by atoms with Crippen molar-refractivity contribution >= 4 is 21.6 Å². The predicted molar refractivity (Wildman–Crippen MR) is 135 cm³/mol. The van der Waals surface area contributed by atoms with Crippen molar-refractivity contribution in [2.75, 3.05) is 24.1 Å². The Morgan fingerprint density at radius 2 is 1.74 bits per heavy atom. The molecule has 1 aliphatic rings. The Labute approximate surface area is 206 Å². The zero-order valence-corrected chi connectivity index (χ0v) is 20.5. The number of nitrogens with zero attached hydrogens (tertiary/aromatic N) is 1. The lowest BCUT2D eigenvalue weighted by molar-refractivity contribution is -0.123. The second-order valence-corrected chi connectivity index (χ2v) is 10.4. The summed E-state index contributed by atoms with van der Waals surface area (Å²) >= 11 is 0. The Morgan fingerprint density at radius 3 is 2.40 bits per heavy atom. The minimum absolute atomic E-state index is 0.0734. The van der Waals surface area contributed by atoms with E-state index in [4.69, 9.17) is 9.47 Å². The van der Waals surface area contributed by atoms with Gasteiger partial charge in [-0.15, -0.1) is 0 Å². The lowest BCUT2D eigenvalue weighted by Gasteiger charge is -2.25. The molecule has 0 aromatic heterocycles. The third kappa shape index (κ3) is 6.61. The summed E-state index contributed by atoms with van der Waals surface area (Å²) in [6.07, 6.45) is 2.04. The number of anilines is 1. The molecule has 1 N–H and O–H groups in total. The van der Waals surface area contributed by atoms with Gasteiger partial charge in [0.05, 0.1) is 23.2 Å². The number of aryl methyl sites for hydroxylation is 1. The highest BCUT2D eigenvalue weighted by molar-refractivity contribution is 7.92. The molecule has 0 spiro atoms. The van der Waals surface area contributed by atoms with E-state index < -0.39 is 10.0 Å². The van der Waals surface area contributed by atoms with Crippen LogP contribution < -0.4 is 14.4 Å². The highest BCUT2D eigenvalue weighted by Gasteiger charge is 2.25. The molecular formula is C27H30N2O5S. The molecule has 8 heteroatoms. The van der Waals surface area contributed by atoms with Gasteiger partial charge in [0.1, 0.15) is 5.75 Å². The topological polar surface area (TPSA) is 84.9 Å². The Hall–Kier alpha value is -3.36. The quantitative estimate of drug-likeness (QED) is 0.459. The van der Waals surface area contributed by atoms with Gasteiger partial charge < -0.3 is 14.8 Å². The molecule has 1 amide bonds. The lowest BCUT2D eigenvalue weighted by Crippen LogP contribution is -2.35. The van der Waals surface area contributed by atoms with Crippen molar-refractivity contribution in [2.24, 2.45) is 0 Å². The number of carbonyl (C=O) groups is 1. The van der Waals surface area contributed by atoms with Crippen LogP contribution in [0.4, 0.5) is 5.69 Å². The van der Waals surface area contributed by atoms with E-state index in [0.717, 1.165) is 30.6 Å². The van der Waals surface area contributed by atoms with Crippen LogP contribution >= 0.6 is 0 Å². The third-order valence-corrected chi connectivity index (χ3v) is 7.61.